The van der Waals surface area contributed by atoms with Gasteiger partial charge in [0.05, 0.1) is 9.80 Å². The fraction of sp³-hybridized carbons (Fsp3) is 0.346. The minimum absolute atomic E-state index is 0.0324. The van der Waals surface area contributed by atoms with Crippen molar-refractivity contribution in [3.63, 3.8) is 0 Å². The molecule has 192 valence electrons. The predicted molar refractivity (Wildman–Crippen MR) is 150 cm³/mol. The van der Waals surface area contributed by atoms with E-state index in [1.165, 1.54) is 12.1 Å². The Kier molecular flexibility index (Phi) is 10.1. The lowest BCUT2D eigenvalue weighted by atomic mass is 10.1. The maximum atomic E-state index is 12.9. The fourth-order valence-corrected chi connectivity index (χ4v) is 5.87. The van der Waals surface area contributed by atoms with Crippen molar-refractivity contribution < 1.29 is 18.0 Å². The van der Waals surface area contributed by atoms with Crippen LogP contribution < -0.4 is 9.62 Å². The van der Waals surface area contributed by atoms with Crippen LogP contribution in [0.1, 0.15) is 45.1 Å². The van der Waals surface area contributed by atoms with Gasteiger partial charge in [-0.25, -0.2) is 13.1 Å². The van der Waals surface area contributed by atoms with E-state index in [9.17, 15) is 18.0 Å². The van der Waals surface area contributed by atoms with E-state index in [1.807, 2.05) is 16.9 Å². The van der Waals surface area contributed by atoms with Crippen molar-refractivity contribution in [3.05, 3.63) is 65.1 Å². The normalized spacial score (nSPS) is 14.9. The Morgan fingerprint density at radius 3 is 2.22 bits per heavy atom. The summed E-state index contributed by atoms with van der Waals surface area (Å²) in [5, 5.41) is 0. The van der Waals surface area contributed by atoms with Gasteiger partial charge in [-0.15, -0.1) is 0 Å². The number of sulfonamides is 1. The van der Waals surface area contributed by atoms with E-state index in [4.69, 9.17) is 12.2 Å². The highest BCUT2D eigenvalue weighted by molar-refractivity contribution is 8.26. The number of hydrogen-bond acceptors (Lipinski definition) is 7. The highest BCUT2D eigenvalue weighted by Crippen LogP contribution is 2.32. The molecule has 0 saturated carbocycles. The highest BCUT2D eigenvalue weighted by Gasteiger charge is 2.34. The van der Waals surface area contributed by atoms with Crippen LogP contribution in [-0.2, 0) is 19.6 Å². The first-order valence-corrected chi connectivity index (χ1v) is 14.7. The van der Waals surface area contributed by atoms with Gasteiger partial charge in [0, 0.05) is 18.8 Å². The number of nitrogens with one attached hydrogen (secondary N) is 1. The Morgan fingerprint density at radius 1 is 1.03 bits per heavy atom. The predicted octanol–water partition coefficient (Wildman–Crippen LogP) is 4.80. The van der Waals surface area contributed by atoms with E-state index >= 15 is 0 Å². The van der Waals surface area contributed by atoms with Crippen LogP contribution >= 0.6 is 24.0 Å². The standard InChI is InChI=1S/C26H31N3O4S3/c1-3-5-16-28(17-6-4-2)21-14-12-20(13-15-21)18-23-25(31)29(26(34)35-23)19-24(30)27-36(32,33)22-10-8-7-9-11-22/h7-15,18H,3-6,16-17,19H2,1-2H3,(H,27,30)/b23-18-. The van der Waals surface area contributed by atoms with Gasteiger partial charge in [-0.3, -0.25) is 14.5 Å². The third-order valence-electron chi connectivity index (χ3n) is 5.60. The maximum absolute atomic E-state index is 12.9. The Bertz CT molecular complexity index is 1200. The number of benzene rings is 2. The quantitative estimate of drug-likeness (QED) is 0.303. The topological polar surface area (TPSA) is 86.8 Å². The van der Waals surface area contributed by atoms with Crippen molar-refractivity contribution in [3.8, 4) is 0 Å². The van der Waals surface area contributed by atoms with E-state index in [-0.39, 0.29) is 9.22 Å². The van der Waals surface area contributed by atoms with Gasteiger partial charge in [-0.2, -0.15) is 0 Å². The molecule has 1 aliphatic heterocycles. The van der Waals surface area contributed by atoms with Gasteiger partial charge in [0.2, 0.25) is 0 Å². The maximum Gasteiger partial charge on any atom is 0.266 e. The third kappa shape index (κ3) is 7.41. The fourth-order valence-electron chi connectivity index (χ4n) is 3.62. The lowest BCUT2D eigenvalue weighted by Gasteiger charge is -2.24. The molecule has 7 nitrogen and oxygen atoms in total. The zero-order valence-corrected chi connectivity index (χ0v) is 22.9. The number of anilines is 1. The minimum Gasteiger partial charge on any atom is -0.372 e. The molecular weight excluding hydrogens is 515 g/mol. The van der Waals surface area contributed by atoms with Gasteiger partial charge in [-0.1, -0.05) is 81.0 Å². The van der Waals surface area contributed by atoms with Gasteiger partial charge < -0.3 is 4.90 Å². The monoisotopic (exact) mass is 545 g/mol. The largest absolute Gasteiger partial charge is 0.372 e. The molecule has 0 aliphatic carbocycles. The molecule has 1 saturated heterocycles. The molecule has 1 fully saturated rings. The molecule has 0 radical (unpaired) electrons. The number of thioether (sulfide) groups is 1. The molecule has 2 aromatic rings. The van der Waals surface area contributed by atoms with Crippen molar-refractivity contribution in [2.24, 2.45) is 0 Å². The van der Waals surface area contributed by atoms with Crippen molar-refractivity contribution in [2.45, 2.75) is 44.4 Å². The smallest absolute Gasteiger partial charge is 0.266 e. The molecule has 10 heteroatoms. The number of carbonyl (C=O) groups excluding carboxylic acids is 2. The lowest BCUT2D eigenvalue weighted by Crippen LogP contribution is -2.41. The van der Waals surface area contributed by atoms with E-state index in [0.717, 1.165) is 66.7 Å². The average molecular weight is 546 g/mol. The number of nitrogens with zero attached hydrogens (tertiary/aromatic N) is 2. The van der Waals surface area contributed by atoms with Crippen LogP contribution in [0.25, 0.3) is 6.08 Å². The zero-order chi connectivity index (χ0) is 26.1. The van der Waals surface area contributed by atoms with E-state index in [1.54, 1.807) is 24.3 Å². The molecule has 2 amide bonds. The molecule has 0 bridgehead atoms. The highest BCUT2D eigenvalue weighted by atomic mass is 32.2. The summed E-state index contributed by atoms with van der Waals surface area (Å²) >= 11 is 6.39. The zero-order valence-electron chi connectivity index (χ0n) is 20.5. The Labute approximate surface area is 223 Å². The van der Waals surface area contributed by atoms with Crippen LogP contribution in [0.2, 0.25) is 0 Å². The average Bonchev–Trinajstić information content (AvgIpc) is 3.12. The van der Waals surface area contributed by atoms with Gasteiger partial charge in [0.1, 0.15) is 10.9 Å². The summed E-state index contributed by atoms with van der Waals surface area (Å²) in [5.74, 6) is -1.26. The number of hydrogen-bond donors (Lipinski definition) is 1. The molecule has 0 spiro atoms. The van der Waals surface area contributed by atoms with Crippen LogP contribution in [-0.4, -0.2) is 49.1 Å². The van der Waals surface area contributed by atoms with Crippen LogP contribution in [0.5, 0.6) is 0 Å². The molecule has 1 N–H and O–H groups in total. The molecule has 1 aliphatic rings. The SMILES string of the molecule is CCCCN(CCCC)c1ccc(/C=C2\SC(=S)N(CC(=O)NS(=O)(=O)c3ccccc3)C2=O)cc1. The summed E-state index contributed by atoms with van der Waals surface area (Å²) in [5.41, 5.74) is 2.00. The summed E-state index contributed by atoms with van der Waals surface area (Å²) < 4.78 is 27.0. The number of rotatable bonds is 12. The van der Waals surface area contributed by atoms with Crippen molar-refractivity contribution >= 4 is 61.9 Å². The molecule has 2 aromatic carbocycles. The molecule has 0 unspecified atom stereocenters. The first-order valence-electron chi connectivity index (χ1n) is 12.0. The number of amides is 2. The lowest BCUT2D eigenvalue weighted by molar-refractivity contribution is -0.127. The Morgan fingerprint density at radius 2 is 1.64 bits per heavy atom. The van der Waals surface area contributed by atoms with Gasteiger partial charge >= 0.3 is 0 Å². The summed E-state index contributed by atoms with van der Waals surface area (Å²) in [7, 11) is -4.03. The van der Waals surface area contributed by atoms with E-state index in [2.05, 4.69) is 30.9 Å². The summed E-state index contributed by atoms with van der Waals surface area (Å²) in [6.45, 7) is 5.91. The van der Waals surface area contributed by atoms with Crippen molar-refractivity contribution in [1.82, 2.24) is 9.62 Å². The second-order valence-electron chi connectivity index (χ2n) is 8.40. The van der Waals surface area contributed by atoms with Crippen LogP contribution in [0.3, 0.4) is 0 Å². The molecule has 0 atom stereocenters. The minimum atomic E-state index is -4.03. The van der Waals surface area contributed by atoms with Crippen LogP contribution in [0, 0.1) is 0 Å². The number of carbonyl (C=O) groups is 2. The summed E-state index contributed by atoms with van der Waals surface area (Å²) in [6, 6.07) is 15.6. The second-order valence-corrected chi connectivity index (χ2v) is 11.8. The summed E-state index contributed by atoms with van der Waals surface area (Å²) in [4.78, 5) is 29.2. The summed E-state index contributed by atoms with van der Waals surface area (Å²) in [6.07, 6.45) is 6.28. The first kappa shape index (κ1) is 27.9. The molecular formula is C26H31N3O4S3. The third-order valence-corrected chi connectivity index (χ3v) is 8.36. The van der Waals surface area contributed by atoms with Gasteiger partial charge in [0.25, 0.3) is 21.8 Å². The van der Waals surface area contributed by atoms with Gasteiger partial charge in [0.15, 0.2) is 0 Å². The molecule has 0 aromatic heterocycles. The van der Waals surface area contributed by atoms with Crippen molar-refractivity contribution in [2.75, 3.05) is 24.5 Å². The van der Waals surface area contributed by atoms with Crippen LogP contribution in [0.4, 0.5) is 5.69 Å². The molecule has 1 heterocycles. The van der Waals surface area contributed by atoms with E-state index in [0.29, 0.717) is 4.91 Å². The first-order chi connectivity index (χ1) is 17.2. The Balaban J connectivity index is 1.66. The number of thiocarbonyl (C=S) groups is 1. The molecule has 36 heavy (non-hydrogen) atoms. The van der Waals surface area contributed by atoms with Gasteiger partial charge in [-0.05, 0) is 48.7 Å². The molecule has 3 rings (SSSR count). The Hall–Kier alpha value is -2.69. The number of unbranched alkanes of at least 4 members (excludes halogenated alkanes) is 2. The second kappa shape index (κ2) is 13.0. The van der Waals surface area contributed by atoms with E-state index < -0.39 is 28.4 Å². The van der Waals surface area contributed by atoms with Crippen LogP contribution in [0.15, 0.2) is 64.4 Å². The van der Waals surface area contributed by atoms with Crippen molar-refractivity contribution in [1.29, 1.82) is 0 Å².